The smallest absolute Gasteiger partial charge is 0.403 e. The highest BCUT2D eigenvalue weighted by Crippen LogP contribution is 2.25. The molecule has 0 spiro atoms. The van der Waals surface area contributed by atoms with Crippen molar-refractivity contribution in [1.29, 1.82) is 0 Å². The van der Waals surface area contributed by atoms with Gasteiger partial charge in [0.15, 0.2) is 0 Å². The highest BCUT2D eigenvalue weighted by atomic mass is 19.4. The van der Waals surface area contributed by atoms with Crippen molar-refractivity contribution in [2.75, 3.05) is 14.1 Å². The molecule has 0 bridgehead atoms. The van der Waals surface area contributed by atoms with Crippen molar-refractivity contribution in [2.45, 2.75) is 6.18 Å². The summed E-state index contributed by atoms with van der Waals surface area (Å²) in [6.45, 7) is 0. The number of hydrogen-bond acceptors (Lipinski definition) is 2. The summed E-state index contributed by atoms with van der Waals surface area (Å²) in [4.78, 5) is 0.917. The van der Waals surface area contributed by atoms with Gasteiger partial charge in [-0.2, -0.15) is 13.2 Å². The summed E-state index contributed by atoms with van der Waals surface area (Å²) >= 11 is 0. The molecule has 0 aromatic carbocycles. The molecule has 0 aliphatic rings. The molecule has 0 amide bonds. The summed E-state index contributed by atoms with van der Waals surface area (Å²) in [7, 11) is 2.57. The SMILES string of the molecule is CN(C)/C(=C\N)C(F)(F)F. The lowest BCUT2D eigenvalue weighted by atomic mass is 10.4. The number of nitrogens with zero attached hydrogens (tertiary/aromatic N) is 1. The Labute approximate surface area is 57.1 Å². The zero-order valence-electron chi connectivity index (χ0n) is 5.74. The van der Waals surface area contributed by atoms with Crippen molar-refractivity contribution < 1.29 is 13.2 Å². The first-order chi connectivity index (χ1) is 4.39. The highest BCUT2D eigenvalue weighted by Gasteiger charge is 2.34. The van der Waals surface area contributed by atoms with Crippen molar-refractivity contribution in [2.24, 2.45) is 5.73 Å². The van der Waals surface area contributed by atoms with Crippen LogP contribution in [0.4, 0.5) is 13.2 Å². The number of alkyl halides is 3. The fraction of sp³-hybridized carbons (Fsp3) is 0.600. The van der Waals surface area contributed by atoms with Crippen LogP contribution in [-0.4, -0.2) is 25.2 Å². The topological polar surface area (TPSA) is 29.3 Å². The molecular weight excluding hydrogens is 145 g/mol. The molecule has 0 saturated heterocycles. The Bertz CT molecular complexity index is 136. The van der Waals surface area contributed by atoms with Gasteiger partial charge in [-0.15, -0.1) is 0 Å². The van der Waals surface area contributed by atoms with Crippen LogP contribution < -0.4 is 5.73 Å². The molecule has 0 fully saturated rings. The van der Waals surface area contributed by atoms with Gasteiger partial charge in [0.1, 0.15) is 5.70 Å². The molecule has 0 aromatic rings. The second-order valence-corrected chi connectivity index (χ2v) is 1.94. The molecule has 0 rings (SSSR count). The van der Waals surface area contributed by atoms with E-state index in [-0.39, 0.29) is 0 Å². The van der Waals surface area contributed by atoms with E-state index < -0.39 is 11.9 Å². The Morgan fingerprint density at radius 3 is 1.80 bits per heavy atom. The number of hydrogen-bond donors (Lipinski definition) is 1. The van der Waals surface area contributed by atoms with Crippen LogP contribution in [0.3, 0.4) is 0 Å². The molecule has 0 atom stereocenters. The molecule has 0 aliphatic carbocycles. The summed E-state index contributed by atoms with van der Waals surface area (Å²) in [5.41, 5.74) is 3.90. The van der Waals surface area contributed by atoms with Gasteiger partial charge in [-0.3, -0.25) is 0 Å². The van der Waals surface area contributed by atoms with Gasteiger partial charge in [0, 0.05) is 20.3 Å². The van der Waals surface area contributed by atoms with Crippen LogP contribution in [0.2, 0.25) is 0 Å². The minimum Gasteiger partial charge on any atom is -0.403 e. The van der Waals surface area contributed by atoms with Crippen LogP contribution in [-0.2, 0) is 0 Å². The van der Waals surface area contributed by atoms with E-state index in [1.165, 1.54) is 14.1 Å². The predicted molar refractivity (Wildman–Crippen MR) is 32.0 cm³/mol. The molecule has 10 heavy (non-hydrogen) atoms. The van der Waals surface area contributed by atoms with Crippen LogP contribution in [0.1, 0.15) is 0 Å². The fourth-order valence-corrected chi connectivity index (χ4v) is 0.497. The molecule has 2 nitrogen and oxygen atoms in total. The first-order valence-electron chi connectivity index (χ1n) is 2.56. The summed E-state index contributed by atoms with van der Waals surface area (Å²) in [6.07, 6.45) is -3.81. The number of halogens is 3. The van der Waals surface area contributed by atoms with E-state index in [1.807, 2.05) is 0 Å². The lowest BCUT2D eigenvalue weighted by Crippen LogP contribution is -2.26. The highest BCUT2D eigenvalue weighted by molar-refractivity contribution is 5.03. The second-order valence-electron chi connectivity index (χ2n) is 1.94. The quantitative estimate of drug-likeness (QED) is 0.608. The van der Waals surface area contributed by atoms with Crippen LogP contribution >= 0.6 is 0 Å². The van der Waals surface area contributed by atoms with Crippen molar-refractivity contribution in [3.8, 4) is 0 Å². The zero-order valence-corrected chi connectivity index (χ0v) is 5.74. The Morgan fingerprint density at radius 1 is 1.40 bits per heavy atom. The van der Waals surface area contributed by atoms with Gasteiger partial charge in [-0.1, -0.05) is 0 Å². The van der Waals surface area contributed by atoms with Gasteiger partial charge in [0.2, 0.25) is 0 Å². The summed E-state index contributed by atoms with van der Waals surface area (Å²) in [5.74, 6) is 0. The van der Waals surface area contributed by atoms with E-state index in [1.54, 1.807) is 0 Å². The average molecular weight is 154 g/mol. The largest absolute Gasteiger partial charge is 0.432 e. The molecule has 0 heterocycles. The Balaban J connectivity index is 4.40. The molecule has 0 radical (unpaired) electrons. The third kappa shape index (κ3) is 2.16. The molecule has 2 N–H and O–H groups in total. The maximum atomic E-state index is 11.8. The maximum Gasteiger partial charge on any atom is 0.432 e. The number of nitrogens with two attached hydrogens (primary N) is 1. The number of rotatable bonds is 1. The summed E-state index contributed by atoms with van der Waals surface area (Å²) in [5, 5.41) is 0. The average Bonchev–Trinajstić information content (AvgIpc) is 1.60. The molecule has 0 aromatic heterocycles. The molecule has 0 unspecified atom stereocenters. The van der Waals surface area contributed by atoms with Crippen molar-refractivity contribution in [1.82, 2.24) is 4.90 Å². The lowest BCUT2D eigenvalue weighted by Gasteiger charge is -2.18. The van der Waals surface area contributed by atoms with Crippen LogP contribution in [0, 0.1) is 0 Å². The first kappa shape index (κ1) is 9.13. The minimum absolute atomic E-state index is 0.542. The van der Waals surface area contributed by atoms with Gasteiger partial charge in [0.05, 0.1) is 0 Å². The fourth-order valence-electron chi connectivity index (χ4n) is 0.497. The van der Waals surface area contributed by atoms with E-state index in [0.29, 0.717) is 6.20 Å². The van der Waals surface area contributed by atoms with E-state index in [2.05, 4.69) is 0 Å². The van der Waals surface area contributed by atoms with Crippen molar-refractivity contribution in [3.05, 3.63) is 11.9 Å². The summed E-state index contributed by atoms with van der Waals surface area (Å²) < 4.78 is 35.3. The molecule has 0 aliphatic heterocycles. The summed E-state index contributed by atoms with van der Waals surface area (Å²) in [6, 6.07) is 0. The van der Waals surface area contributed by atoms with Crippen molar-refractivity contribution in [3.63, 3.8) is 0 Å². The Morgan fingerprint density at radius 2 is 1.80 bits per heavy atom. The molecule has 0 saturated carbocycles. The van der Waals surface area contributed by atoms with Gasteiger partial charge in [-0.25, -0.2) is 0 Å². The van der Waals surface area contributed by atoms with Gasteiger partial charge < -0.3 is 10.6 Å². The third-order valence-electron chi connectivity index (χ3n) is 0.930. The lowest BCUT2D eigenvalue weighted by molar-refractivity contribution is -0.107. The van der Waals surface area contributed by atoms with Gasteiger partial charge in [0.25, 0.3) is 0 Å². The monoisotopic (exact) mass is 154 g/mol. The van der Waals surface area contributed by atoms with E-state index in [4.69, 9.17) is 5.73 Å². The van der Waals surface area contributed by atoms with E-state index >= 15 is 0 Å². The Kier molecular flexibility index (Phi) is 2.56. The van der Waals surface area contributed by atoms with Crippen LogP contribution in [0.5, 0.6) is 0 Å². The van der Waals surface area contributed by atoms with Gasteiger partial charge >= 0.3 is 6.18 Å². The molecule has 5 heteroatoms. The van der Waals surface area contributed by atoms with Crippen LogP contribution in [0.15, 0.2) is 11.9 Å². The van der Waals surface area contributed by atoms with E-state index in [9.17, 15) is 13.2 Å². The Hall–Kier alpha value is -0.870. The second kappa shape index (κ2) is 2.81. The zero-order chi connectivity index (χ0) is 8.36. The molecule has 60 valence electrons. The normalized spacial score (nSPS) is 13.5. The van der Waals surface area contributed by atoms with Gasteiger partial charge in [-0.05, 0) is 0 Å². The van der Waals surface area contributed by atoms with E-state index in [0.717, 1.165) is 4.90 Å². The molecular formula is C5H9F3N2. The third-order valence-corrected chi connectivity index (χ3v) is 0.930. The standard InChI is InChI=1S/C5H9F3N2/c1-10(2)4(3-9)5(6,7)8/h3H,9H2,1-2H3/b4-3-. The number of allylic oxidation sites excluding steroid dienone is 1. The first-order valence-corrected chi connectivity index (χ1v) is 2.56. The van der Waals surface area contributed by atoms with Crippen LogP contribution in [0.25, 0.3) is 0 Å². The van der Waals surface area contributed by atoms with Crippen molar-refractivity contribution >= 4 is 0 Å². The maximum absolute atomic E-state index is 11.8. The predicted octanol–water partition coefficient (Wildman–Crippen LogP) is 0.910. The minimum atomic E-state index is -4.35.